The molecule has 0 bridgehead atoms. The molecule has 3 rings (SSSR count). The highest BCUT2D eigenvalue weighted by Gasteiger charge is 2.30. The van der Waals surface area contributed by atoms with Crippen LogP contribution in [0.5, 0.6) is 0 Å². The summed E-state index contributed by atoms with van der Waals surface area (Å²) in [5.74, 6) is -0.142. The van der Waals surface area contributed by atoms with Crippen LogP contribution >= 0.6 is 0 Å². The Morgan fingerprint density at radius 1 is 1.33 bits per heavy atom. The molecule has 2 N–H and O–H groups in total. The number of rotatable bonds is 2. The summed E-state index contributed by atoms with van der Waals surface area (Å²) in [5.41, 5.74) is 6.46. The number of furan rings is 1. The van der Waals surface area contributed by atoms with E-state index in [0.717, 1.165) is 5.39 Å². The van der Waals surface area contributed by atoms with Gasteiger partial charge >= 0.3 is 0 Å². The number of hydrogen-bond donors (Lipinski definition) is 1. The SMILES string of the molecule is Cc1oc2ccccc2c1C(=O)N1CCOC(C(N)=O)C1. The third kappa shape index (κ3) is 2.38. The molecule has 0 radical (unpaired) electrons. The van der Waals surface area contributed by atoms with Gasteiger partial charge in [-0.1, -0.05) is 18.2 Å². The van der Waals surface area contributed by atoms with E-state index in [-0.39, 0.29) is 12.5 Å². The summed E-state index contributed by atoms with van der Waals surface area (Å²) in [6.07, 6.45) is -0.749. The van der Waals surface area contributed by atoms with Gasteiger partial charge in [-0.2, -0.15) is 0 Å². The topological polar surface area (TPSA) is 85.8 Å². The summed E-state index contributed by atoms with van der Waals surface area (Å²) in [6, 6.07) is 7.40. The molecule has 1 saturated heterocycles. The zero-order valence-corrected chi connectivity index (χ0v) is 11.7. The summed E-state index contributed by atoms with van der Waals surface area (Å²) < 4.78 is 10.9. The van der Waals surface area contributed by atoms with Crippen LogP contribution in [0.3, 0.4) is 0 Å². The maximum Gasteiger partial charge on any atom is 0.258 e. The number of fused-ring (bicyclic) bond motifs is 1. The summed E-state index contributed by atoms with van der Waals surface area (Å²) in [5, 5.41) is 0.780. The largest absolute Gasteiger partial charge is 0.461 e. The predicted molar refractivity (Wildman–Crippen MR) is 75.8 cm³/mol. The van der Waals surface area contributed by atoms with Crippen molar-refractivity contribution in [1.29, 1.82) is 0 Å². The third-order valence-corrected chi connectivity index (χ3v) is 3.66. The van der Waals surface area contributed by atoms with E-state index in [1.165, 1.54) is 0 Å². The standard InChI is InChI=1S/C15H16N2O4/c1-9-13(10-4-2-3-5-11(10)21-9)15(19)17-6-7-20-12(8-17)14(16)18/h2-5,12H,6-8H2,1H3,(H2,16,18). The van der Waals surface area contributed by atoms with Gasteiger partial charge in [-0.25, -0.2) is 0 Å². The van der Waals surface area contributed by atoms with E-state index in [1.807, 2.05) is 24.3 Å². The predicted octanol–water partition coefficient (Wildman–Crippen LogP) is 1.07. The average molecular weight is 288 g/mol. The molecular formula is C15H16N2O4. The van der Waals surface area contributed by atoms with E-state index in [9.17, 15) is 9.59 Å². The van der Waals surface area contributed by atoms with Crippen LogP contribution in [-0.2, 0) is 9.53 Å². The van der Waals surface area contributed by atoms with Gasteiger partial charge in [0.2, 0.25) is 5.91 Å². The van der Waals surface area contributed by atoms with Crippen molar-refractivity contribution >= 4 is 22.8 Å². The lowest BCUT2D eigenvalue weighted by Gasteiger charge is -2.31. The highest BCUT2D eigenvalue weighted by Crippen LogP contribution is 2.27. The Labute approximate surface area is 121 Å². The molecule has 110 valence electrons. The minimum atomic E-state index is -0.749. The lowest BCUT2D eigenvalue weighted by molar-refractivity contribution is -0.133. The van der Waals surface area contributed by atoms with Crippen molar-refractivity contribution in [2.45, 2.75) is 13.0 Å². The molecule has 21 heavy (non-hydrogen) atoms. The van der Waals surface area contributed by atoms with Gasteiger partial charge in [0.05, 0.1) is 18.7 Å². The number of nitrogens with two attached hydrogens (primary N) is 1. The second kappa shape index (κ2) is 5.21. The van der Waals surface area contributed by atoms with E-state index in [4.69, 9.17) is 14.9 Å². The Balaban J connectivity index is 1.93. The average Bonchev–Trinajstić information content (AvgIpc) is 2.82. The molecule has 1 aromatic carbocycles. The van der Waals surface area contributed by atoms with Crippen molar-refractivity contribution in [3.05, 3.63) is 35.6 Å². The van der Waals surface area contributed by atoms with Crippen LogP contribution in [0.4, 0.5) is 0 Å². The quantitative estimate of drug-likeness (QED) is 0.895. The van der Waals surface area contributed by atoms with Crippen molar-refractivity contribution in [3.8, 4) is 0 Å². The van der Waals surface area contributed by atoms with E-state index in [0.29, 0.717) is 30.1 Å². The van der Waals surface area contributed by atoms with Gasteiger partial charge in [-0.15, -0.1) is 0 Å². The number of hydrogen-bond acceptors (Lipinski definition) is 4. The molecule has 1 aliphatic rings. The Morgan fingerprint density at radius 3 is 2.86 bits per heavy atom. The normalized spacial score (nSPS) is 18.9. The number of benzene rings is 1. The van der Waals surface area contributed by atoms with Gasteiger partial charge in [0.25, 0.3) is 5.91 Å². The van der Waals surface area contributed by atoms with Crippen molar-refractivity contribution in [3.63, 3.8) is 0 Å². The summed E-state index contributed by atoms with van der Waals surface area (Å²) in [6.45, 7) is 2.67. The number of para-hydroxylation sites is 1. The van der Waals surface area contributed by atoms with Crippen LogP contribution in [0, 0.1) is 6.92 Å². The van der Waals surface area contributed by atoms with Crippen molar-refractivity contribution in [1.82, 2.24) is 4.90 Å². The monoisotopic (exact) mass is 288 g/mol. The molecule has 1 aliphatic heterocycles. The molecule has 6 nitrogen and oxygen atoms in total. The molecule has 2 aromatic rings. The summed E-state index contributed by atoms with van der Waals surface area (Å²) in [4.78, 5) is 25.5. The number of carbonyl (C=O) groups is 2. The van der Waals surface area contributed by atoms with E-state index < -0.39 is 12.0 Å². The van der Waals surface area contributed by atoms with Gasteiger partial charge in [0.15, 0.2) is 6.10 Å². The number of morpholine rings is 1. The van der Waals surface area contributed by atoms with Crippen LogP contribution in [-0.4, -0.2) is 42.5 Å². The Kier molecular flexibility index (Phi) is 3.39. The number of ether oxygens (including phenoxy) is 1. The summed E-state index contributed by atoms with van der Waals surface area (Å²) >= 11 is 0. The van der Waals surface area contributed by atoms with Crippen LogP contribution in [0.1, 0.15) is 16.1 Å². The minimum absolute atomic E-state index is 0.160. The molecule has 1 unspecified atom stereocenters. The highest BCUT2D eigenvalue weighted by atomic mass is 16.5. The first-order valence-corrected chi connectivity index (χ1v) is 6.76. The molecule has 2 heterocycles. The second-order valence-electron chi connectivity index (χ2n) is 5.04. The van der Waals surface area contributed by atoms with Gasteiger partial charge in [-0.3, -0.25) is 9.59 Å². The summed E-state index contributed by atoms with van der Waals surface area (Å²) in [7, 11) is 0. The highest BCUT2D eigenvalue weighted by molar-refractivity contribution is 6.07. The van der Waals surface area contributed by atoms with Crippen LogP contribution in [0.15, 0.2) is 28.7 Å². The molecular weight excluding hydrogens is 272 g/mol. The van der Waals surface area contributed by atoms with E-state index in [1.54, 1.807) is 11.8 Å². The molecule has 0 saturated carbocycles. The van der Waals surface area contributed by atoms with E-state index >= 15 is 0 Å². The molecule has 6 heteroatoms. The van der Waals surface area contributed by atoms with Crippen LogP contribution in [0.25, 0.3) is 11.0 Å². The van der Waals surface area contributed by atoms with Crippen molar-refractivity contribution < 1.29 is 18.7 Å². The first-order valence-electron chi connectivity index (χ1n) is 6.76. The smallest absolute Gasteiger partial charge is 0.258 e. The number of primary amides is 1. The van der Waals surface area contributed by atoms with Crippen LogP contribution < -0.4 is 5.73 Å². The fourth-order valence-electron chi connectivity index (χ4n) is 2.60. The lowest BCUT2D eigenvalue weighted by atomic mass is 10.1. The molecule has 0 aliphatic carbocycles. The maximum absolute atomic E-state index is 12.7. The first kappa shape index (κ1) is 13.6. The van der Waals surface area contributed by atoms with Gasteiger partial charge < -0.3 is 19.8 Å². The number of amides is 2. The maximum atomic E-state index is 12.7. The second-order valence-corrected chi connectivity index (χ2v) is 5.04. The zero-order valence-electron chi connectivity index (χ0n) is 11.7. The Bertz CT molecular complexity index is 707. The fraction of sp³-hybridized carbons (Fsp3) is 0.333. The lowest BCUT2D eigenvalue weighted by Crippen LogP contribution is -2.50. The number of carbonyl (C=O) groups excluding carboxylic acids is 2. The van der Waals surface area contributed by atoms with Crippen LogP contribution in [0.2, 0.25) is 0 Å². The van der Waals surface area contributed by atoms with Gasteiger partial charge in [0.1, 0.15) is 11.3 Å². The molecule has 2 amide bonds. The number of aryl methyl sites for hydroxylation is 1. The molecule has 1 atom stereocenters. The number of nitrogens with zero attached hydrogens (tertiary/aromatic N) is 1. The van der Waals surface area contributed by atoms with Crippen molar-refractivity contribution in [2.24, 2.45) is 5.73 Å². The van der Waals surface area contributed by atoms with E-state index in [2.05, 4.69) is 0 Å². The van der Waals surface area contributed by atoms with Gasteiger partial charge in [-0.05, 0) is 13.0 Å². The third-order valence-electron chi connectivity index (χ3n) is 3.66. The zero-order chi connectivity index (χ0) is 15.0. The molecule has 0 spiro atoms. The molecule has 1 fully saturated rings. The van der Waals surface area contributed by atoms with Crippen molar-refractivity contribution in [2.75, 3.05) is 19.7 Å². The Morgan fingerprint density at radius 2 is 2.10 bits per heavy atom. The fourth-order valence-corrected chi connectivity index (χ4v) is 2.60. The molecule has 1 aromatic heterocycles. The Hall–Kier alpha value is -2.34. The first-order chi connectivity index (χ1) is 10.1. The minimum Gasteiger partial charge on any atom is -0.461 e. The van der Waals surface area contributed by atoms with Gasteiger partial charge in [0, 0.05) is 11.9 Å².